The van der Waals surface area contributed by atoms with Crippen molar-refractivity contribution in [3.05, 3.63) is 46.4 Å². The van der Waals surface area contributed by atoms with E-state index in [1.165, 1.54) is 12.0 Å². The number of aromatic nitrogens is 2. The Morgan fingerprint density at radius 1 is 1.19 bits per heavy atom. The van der Waals surface area contributed by atoms with Gasteiger partial charge in [0, 0.05) is 37.3 Å². The average Bonchev–Trinajstić information content (AvgIpc) is 3.31. The lowest BCUT2D eigenvalue weighted by molar-refractivity contribution is 0.182. The molecule has 2 aliphatic carbocycles. The fourth-order valence-electron chi connectivity index (χ4n) is 6.98. The molecule has 2 aliphatic heterocycles. The second-order valence-electron chi connectivity index (χ2n) is 11.5. The molecule has 1 N–H and O–H groups in total. The number of nitrogens with zero attached hydrogens (tertiary/aromatic N) is 5. The number of ether oxygens (including phenoxy) is 1. The molecule has 4 aliphatic rings. The number of likely N-dealkylation sites (tertiary alicyclic amines) is 1. The molecule has 1 aromatic heterocycles. The Morgan fingerprint density at radius 2 is 2.05 bits per heavy atom. The largest absolute Gasteiger partial charge is 0.462 e. The van der Waals surface area contributed by atoms with Crippen molar-refractivity contribution in [2.75, 3.05) is 44.7 Å². The van der Waals surface area contributed by atoms with E-state index in [1.54, 1.807) is 6.07 Å². The van der Waals surface area contributed by atoms with E-state index in [1.807, 2.05) is 6.07 Å². The molecular formula is C29H37FN6O. The molecule has 2 fully saturated rings. The molecule has 1 aromatic carbocycles. The fourth-order valence-corrected chi connectivity index (χ4v) is 6.98. The van der Waals surface area contributed by atoms with E-state index in [0.717, 1.165) is 93.8 Å². The molecule has 8 heteroatoms. The normalized spacial score (nSPS) is 27.5. The van der Waals surface area contributed by atoms with Gasteiger partial charge in [0.1, 0.15) is 18.2 Å². The molecule has 7 nitrogen and oxygen atoms in total. The third-order valence-corrected chi connectivity index (χ3v) is 9.15. The molecule has 2 aromatic rings. The monoisotopic (exact) mass is 504 g/mol. The van der Waals surface area contributed by atoms with Gasteiger partial charge in [-0.25, -0.2) is 4.39 Å². The summed E-state index contributed by atoms with van der Waals surface area (Å²) in [6, 6.07) is 8.86. The molecule has 3 atom stereocenters. The Hall–Kier alpha value is -2.76. The van der Waals surface area contributed by atoms with E-state index >= 15 is 0 Å². The van der Waals surface area contributed by atoms with Crippen molar-refractivity contribution in [2.24, 2.45) is 5.41 Å². The molecular weight excluding hydrogens is 467 g/mol. The van der Waals surface area contributed by atoms with Gasteiger partial charge in [0.05, 0.1) is 18.2 Å². The summed E-state index contributed by atoms with van der Waals surface area (Å²) in [7, 11) is 2.16. The lowest BCUT2D eigenvalue weighted by Crippen LogP contribution is -2.51. The van der Waals surface area contributed by atoms with E-state index in [2.05, 4.69) is 34.3 Å². The van der Waals surface area contributed by atoms with Crippen LogP contribution in [-0.2, 0) is 25.7 Å². The molecule has 37 heavy (non-hydrogen) atoms. The summed E-state index contributed by atoms with van der Waals surface area (Å²) in [5, 5.41) is 12.7. The van der Waals surface area contributed by atoms with Crippen LogP contribution in [0.4, 0.5) is 10.2 Å². The van der Waals surface area contributed by atoms with Crippen LogP contribution in [-0.4, -0.2) is 66.8 Å². The van der Waals surface area contributed by atoms with Gasteiger partial charge in [-0.3, -0.25) is 0 Å². The number of nitrogens with one attached hydrogen (secondary N) is 1. The molecule has 0 saturated carbocycles. The molecule has 2 saturated heterocycles. The van der Waals surface area contributed by atoms with Crippen LogP contribution in [0, 0.1) is 22.6 Å². The zero-order valence-corrected chi connectivity index (χ0v) is 21.8. The fraction of sp³-hybridized carbons (Fsp3) is 0.621. The number of hydrogen-bond donors (Lipinski definition) is 1. The maximum absolute atomic E-state index is 14.4. The maximum atomic E-state index is 14.4. The topological polar surface area (TPSA) is 77.3 Å². The number of rotatable bonds is 5. The lowest BCUT2D eigenvalue weighted by Gasteiger charge is -2.43. The van der Waals surface area contributed by atoms with Crippen molar-refractivity contribution in [2.45, 2.75) is 69.9 Å². The number of benzene rings is 1. The van der Waals surface area contributed by atoms with E-state index in [0.29, 0.717) is 25.1 Å². The minimum absolute atomic E-state index is 0.0635. The first-order valence-electron chi connectivity index (χ1n) is 13.9. The molecule has 0 amide bonds. The molecule has 0 unspecified atom stereocenters. The predicted octanol–water partition coefficient (Wildman–Crippen LogP) is 3.44. The van der Waals surface area contributed by atoms with Crippen LogP contribution in [0.15, 0.2) is 18.2 Å². The highest BCUT2D eigenvalue weighted by molar-refractivity contribution is 5.52. The Balaban J connectivity index is 1.30. The van der Waals surface area contributed by atoms with Gasteiger partial charge in [0.2, 0.25) is 0 Å². The van der Waals surface area contributed by atoms with Crippen LogP contribution in [0.25, 0.3) is 0 Å². The number of halogens is 1. The highest BCUT2D eigenvalue weighted by Crippen LogP contribution is 2.47. The van der Waals surface area contributed by atoms with Crippen LogP contribution in [0.2, 0.25) is 0 Å². The smallest absolute Gasteiger partial charge is 0.318 e. The number of hydrogen-bond acceptors (Lipinski definition) is 7. The van der Waals surface area contributed by atoms with Crippen molar-refractivity contribution in [3.63, 3.8) is 0 Å². The van der Waals surface area contributed by atoms with Crippen molar-refractivity contribution in [1.29, 1.82) is 5.26 Å². The Labute approximate surface area is 219 Å². The first-order valence-corrected chi connectivity index (χ1v) is 13.9. The van der Waals surface area contributed by atoms with Gasteiger partial charge in [0.15, 0.2) is 0 Å². The van der Waals surface area contributed by atoms with E-state index in [4.69, 9.17) is 14.7 Å². The van der Waals surface area contributed by atoms with E-state index in [-0.39, 0.29) is 17.3 Å². The number of piperazine rings is 1. The first-order chi connectivity index (χ1) is 18.0. The van der Waals surface area contributed by atoms with Gasteiger partial charge in [-0.15, -0.1) is 0 Å². The minimum atomic E-state index is -0.0635. The van der Waals surface area contributed by atoms with Crippen molar-refractivity contribution >= 4 is 5.82 Å². The Kier molecular flexibility index (Phi) is 6.76. The highest BCUT2D eigenvalue weighted by atomic mass is 19.1. The average molecular weight is 505 g/mol. The van der Waals surface area contributed by atoms with E-state index < -0.39 is 0 Å². The Bertz CT molecular complexity index is 1200. The molecule has 1 spiro atoms. The summed E-state index contributed by atoms with van der Waals surface area (Å²) in [5.74, 6) is 0.924. The summed E-state index contributed by atoms with van der Waals surface area (Å²) in [6.45, 7) is 4.16. The minimum Gasteiger partial charge on any atom is -0.462 e. The standard InChI is InChI=1S/C29H37FN6O/c1-35-14-3-5-22(35)19-37-28-33-26-17-29(10-7-23-20(16-29)4-2-6-25(23)30)11-8-24(26)27(34-28)36-15-13-32-21(18-36)9-12-31/h2,4,6,21-22,32H,3,5,7-11,13-19H2,1H3/t21-,22-,29-/m0/s1. The van der Waals surface area contributed by atoms with Crippen LogP contribution in [0.1, 0.15) is 54.5 Å². The third-order valence-electron chi connectivity index (χ3n) is 9.15. The molecule has 3 heterocycles. The highest BCUT2D eigenvalue weighted by Gasteiger charge is 2.40. The van der Waals surface area contributed by atoms with Crippen LogP contribution in [0.3, 0.4) is 0 Å². The third kappa shape index (κ3) is 4.92. The molecule has 196 valence electrons. The first kappa shape index (κ1) is 24.6. The zero-order valence-electron chi connectivity index (χ0n) is 21.8. The van der Waals surface area contributed by atoms with Gasteiger partial charge in [-0.1, -0.05) is 12.1 Å². The Morgan fingerprint density at radius 3 is 2.86 bits per heavy atom. The number of anilines is 1. The summed E-state index contributed by atoms with van der Waals surface area (Å²) < 4.78 is 20.7. The molecule has 0 bridgehead atoms. The van der Waals surface area contributed by atoms with Gasteiger partial charge >= 0.3 is 6.01 Å². The second-order valence-corrected chi connectivity index (χ2v) is 11.5. The second kappa shape index (κ2) is 10.2. The van der Waals surface area contributed by atoms with Gasteiger partial charge in [-0.05, 0) is 87.6 Å². The number of nitriles is 1. The number of fused-ring (bicyclic) bond motifs is 2. The van der Waals surface area contributed by atoms with Gasteiger partial charge in [-0.2, -0.15) is 15.2 Å². The number of likely N-dealkylation sites (N-methyl/N-ethyl adjacent to an activating group) is 1. The van der Waals surface area contributed by atoms with E-state index in [9.17, 15) is 9.65 Å². The summed E-state index contributed by atoms with van der Waals surface area (Å²) >= 11 is 0. The van der Waals surface area contributed by atoms with Gasteiger partial charge in [0.25, 0.3) is 0 Å². The summed E-state index contributed by atoms with van der Waals surface area (Å²) in [4.78, 5) is 14.7. The maximum Gasteiger partial charge on any atom is 0.318 e. The molecule has 6 rings (SSSR count). The quantitative estimate of drug-likeness (QED) is 0.668. The zero-order chi connectivity index (χ0) is 25.4. The van der Waals surface area contributed by atoms with Crippen molar-refractivity contribution in [1.82, 2.24) is 20.2 Å². The van der Waals surface area contributed by atoms with Crippen molar-refractivity contribution < 1.29 is 9.13 Å². The van der Waals surface area contributed by atoms with Crippen LogP contribution >= 0.6 is 0 Å². The lowest BCUT2D eigenvalue weighted by atomic mass is 9.63. The summed E-state index contributed by atoms with van der Waals surface area (Å²) in [5.41, 5.74) is 4.50. The van der Waals surface area contributed by atoms with Crippen LogP contribution < -0.4 is 15.0 Å². The van der Waals surface area contributed by atoms with Gasteiger partial charge < -0.3 is 19.9 Å². The van der Waals surface area contributed by atoms with Crippen LogP contribution in [0.5, 0.6) is 6.01 Å². The van der Waals surface area contributed by atoms with Crippen molar-refractivity contribution in [3.8, 4) is 12.1 Å². The molecule has 0 radical (unpaired) electrons. The SMILES string of the molecule is CN1CCC[C@H]1COc1nc2c(c(N3CCN[C@@H](CC#N)C3)n1)CC[C@]1(CCc3c(F)cccc3C1)C2. The summed E-state index contributed by atoms with van der Waals surface area (Å²) in [6.07, 6.45) is 8.37. The predicted molar refractivity (Wildman–Crippen MR) is 140 cm³/mol.